The largest absolute Gasteiger partial charge is 0.480 e. The van der Waals surface area contributed by atoms with Crippen molar-refractivity contribution in [1.29, 1.82) is 0 Å². The monoisotopic (exact) mass is 623 g/mol. The number of imidazole rings is 1. The molecule has 0 saturated carbocycles. The van der Waals surface area contributed by atoms with E-state index in [0.29, 0.717) is 5.69 Å². The summed E-state index contributed by atoms with van der Waals surface area (Å²) in [7, 11) is 0. The average molecular weight is 624 g/mol. The third-order valence-corrected chi connectivity index (χ3v) is 6.57. The lowest BCUT2D eigenvalue weighted by atomic mass is 9.98. The van der Waals surface area contributed by atoms with Crippen LogP contribution in [-0.4, -0.2) is 93.2 Å². The van der Waals surface area contributed by atoms with Gasteiger partial charge >= 0.3 is 5.97 Å². The van der Waals surface area contributed by atoms with Gasteiger partial charge in [0.2, 0.25) is 35.4 Å². The molecule has 11 N–H and O–H groups in total. The smallest absolute Gasteiger partial charge is 0.322 e. The van der Waals surface area contributed by atoms with E-state index in [1.165, 1.54) is 12.5 Å². The first-order chi connectivity index (χ1) is 20.4. The predicted molar refractivity (Wildman–Crippen MR) is 157 cm³/mol. The summed E-state index contributed by atoms with van der Waals surface area (Å²) in [5.41, 5.74) is 11.5. The number of aromatic amines is 1. The number of hydrogen-bond acceptors (Lipinski definition) is 9. The molecule has 6 amide bonds. The van der Waals surface area contributed by atoms with Crippen molar-refractivity contribution < 1.29 is 38.7 Å². The van der Waals surface area contributed by atoms with E-state index in [-0.39, 0.29) is 18.3 Å². The molecule has 0 bridgehead atoms. The fraction of sp³-hybridized carbons (Fsp3) is 0.630. The van der Waals surface area contributed by atoms with Gasteiger partial charge in [-0.1, -0.05) is 41.5 Å². The van der Waals surface area contributed by atoms with Crippen LogP contribution < -0.4 is 38.1 Å². The first-order valence-electron chi connectivity index (χ1n) is 14.2. The number of carbonyl (C=O) groups excluding carboxylic acids is 6. The highest BCUT2D eigenvalue weighted by atomic mass is 16.4. The molecule has 1 rings (SSSR count). The Morgan fingerprint density at radius 1 is 0.773 bits per heavy atom. The zero-order chi connectivity index (χ0) is 33.7. The zero-order valence-electron chi connectivity index (χ0n) is 25.8. The van der Waals surface area contributed by atoms with E-state index in [0.717, 1.165) is 0 Å². The summed E-state index contributed by atoms with van der Waals surface area (Å²) in [4.78, 5) is 94.3. The van der Waals surface area contributed by atoms with Gasteiger partial charge in [-0.3, -0.25) is 33.6 Å². The average Bonchev–Trinajstić information content (AvgIpc) is 3.44. The molecule has 0 aliphatic rings. The predicted octanol–water partition coefficient (Wildman–Crippen LogP) is -2.74. The zero-order valence-corrected chi connectivity index (χ0v) is 25.8. The minimum Gasteiger partial charge on any atom is -0.480 e. The standard InChI is InChI=1S/C27H45N9O8/c1-12(2)20(29)25(42)35-22(14(5)6)27(44)36-21(13(3)4)26(43)34-16(7-15-9-30-11-32-15)24(41)33-17(8-18(28)37)23(40)31-10-19(38)39/h9,11-14,16-17,20-22H,7-8,10,29H2,1-6H3,(H2,28,37)(H,30,32)(H,31,40)(H,33,41)(H,34,43)(H,35,42)(H,36,44)(H,38,39)/t16-,17-,20-,21-,22-/m0/s1. The number of hydrogen-bond donors (Lipinski definition) is 9. The van der Waals surface area contributed by atoms with E-state index in [1.54, 1.807) is 41.5 Å². The number of carbonyl (C=O) groups is 7. The van der Waals surface area contributed by atoms with Crippen LogP contribution in [0.25, 0.3) is 0 Å². The molecule has 0 fully saturated rings. The second kappa shape index (κ2) is 17.5. The van der Waals surface area contributed by atoms with Crippen LogP contribution in [-0.2, 0) is 40.0 Å². The van der Waals surface area contributed by atoms with Gasteiger partial charge in [0.15, 0.2) is 0 Å². The van der Waals surface area contributed by atoms with Crippen LogP contribution in [0.3, 0.4) is 0 Å². The van der Waals surface area contributed by atoms with Crippen molar-refractivity contribution in [3.8, 4) is 0 Å². The molecule has 0 spiro atoms. The van der Waals surface area contributed by atoms with E-state index in [9.17, 15) is 33.6 Å². The van der Waals surface area contributed by atoms with Crippen molar-refractivity contribution in [3.05, 3.63) is 18.2 Å². The molecular weight excluding hydrogens is 578 g/mol. The van der Waals surface area contributed by atoms with Gasteiger partial charge in [-0.05, 0) is 17.8 Å². The number of nitrogens with zero attached hydrogens (tertiary/aromatic N) is 1. The van der Waals surface area contributed by atoms with Crippen LogP contribution in [0.4, 0.5) is 0 Å². The molecule has 17 heteroatoms. The van der Waals surface area contributed by atoms with Crippen molar-refractivity contribution in [3.63, 3.8) is 0 Å². The van der Waals surface area contributed by atoms with Crippen LogP contribution in [0.5, 0.6) is 0 Å². The molecule has 246 valence electrons. The Morgan fingerprint density at radius 2 is 1.30 bits per heavy atom. The van der Waals surface area contributed by atoms with Crippen molar-refractivity contribution in [2.24, 2.45) is 29.2 Å². The number of carboxylic acids is 1. The van der Waals surface area contributed by atoms with Gasteiger partial charge in [-0.25, -0.2) is 4.98 Å². The number of primary amides is 1. The maximum Gasteiger partial charge on any atom is 0.322 e. The third kappa shape index (κ3) is 12.4. The summed E-state index contributed by atoms with van der Waals surface area (Å²) in [6.07, 6.45) is 2.03. The van der Waals surface area contributed by atoms with Gasteiger partial charge in [-0.2, -0.15) is 0 Å². The summed E-state index contributed by atoms with van der Waals surface area (Å²) < 4.78 is 0. The lowest BCUT2D eigenvalue weighted by molar-refractivity contribution is -0.139. The van der Waals surface area contributed by atoms with E-state index >= 15 is 0 Å². The van der Waals surface area contributed by atoms with E-state index < -0.39 is 90.5 Å². The number of carboxylic acid groups (broad SMARTS) is 1. The second-order valence-corrected chi connectivity index (χ2v) is 11.4. The third-order valence-electron chi connectivity index (χ3n) is 6.57. The molecule has 44 heavy (non-hydrogen) atoms. The number of amides is 6. The summed E-state index contributed by atoms with van der Waals surface area (Å²) >= 11 is 0. The molecule has 17 nitrogen and oxygen atoms in total. The Labute approximate surface area is 255 Å². The Kier molecular flexibility index (Phi) is 14.9. The molecule has 0 aliphatic heterocycles. The van der Waals surface area contributed by atoms with Crippen molar-refractivity contribution in [2.75, 3.05) is 6.54 Å². The van der Waals surface area contributed by atoms with Gasteiger partial charge in [-0.15, -0.1) is 0 Å². The number of H-pyrrole nitrogens is 1. The van der Waals surface area contributed by atoms with Gasteiger partial charge < -0.3 is 48.1 Å². The highest BCUT2D eigenvalue weighted by molar-refractivity contribution is 5.97. The van der Waals surface area contributed by atoms with Gasteiger partial charge in [0.25, 0.3) is 0 Å². The Hall–Kier alpha value is -4.54. The highest BCUT2D eigenvalue weighted by Crippen LogP contribution is 2.10. The summed E-state index contributed by atoms with van der Waals surface area (Å²) in [6.45, 7) is 9.53. The van der Waals surface area contributed by atoms with Crippen molar-refractivity contribution in [2.45, 2.75) is 84.6 Å². The molecule has 0 saturated heterocycles. The van der Waals surface area contributed by atoms with Gasteiger partial charge in [0.1, 0.15) is 30.7 Å². The molecular formula is C27H45N9O8. The molecule has 5 atom stereocenters. The fourth-order valence-corrected chi connectivity index (χ4v) is 3.92. The minimum atomic E-state index is -1.54. The lowest BCUT2D eigenvalue weighted by Gasteiger charge is -2.29. The quantitative estimate of drug-likeness (QED) is 0.0813. The SMILES string of the molecule is CC(C)[C@H](N)C(=O)N[C@H](C(=O)N[C@H](C(=O)N[C@@H](Cc1c[nH]cn1)C(=O)N[C@@H](CC(N)=O)C(=O)NCC(=O)O)C(C)C)C(C)C. The van der Waals surface area contributed by atoms with Crippen LogP contribution in [0.1, 0.15) is 53.7 Å². The summed E-state index contributed by atoms with van der Waals surface area (Å²) in [5, 5.41) is 21.1. The molecule has 0 aromatic carbocycles. The fourth-order valence-electron chi connectivity index (χ4n) is 3.92. The summed E-state index contributed by atoms with van der Waals surface area (Å²) in [6, 6.07) is -5.90. The first kappa shape index (κ1) is 37.5. The molecule has 0 aliphatic carbocycles. The Bertz CT molecular complexity index is 1170. The van der Waals surface area contributed by atoms with E-state index in [1.807, 2.05) is 0 Å². The molecule has 1 aromatic heterocycles. The maximum absolute atomic E-state index is 13.5. The highest BCUT2D eigenvalue weighted by Gasteiger charge is 2.34. The Morgan fingerprint density at radius 3 is 1.75 bits per heavy atom. The van der Waals surface area contributed by atoms with Gasteiger partial charge in [0.05, 0.1) is 24.5 Å². The summed E-state index contributed by atoms with van der Waals surface area (Å²) in [5.74, 6) is -7.09. The van der Waals surface area contributed by atoms with E-state index in [4.69, 9.17) is 16.6 Å². The van der Waals surface area contributed by atoms with E-state index in [2.05, 4.69) is 36.6 Å². The first-order valence-corrected chi connectivity index (χ1v) is 14.2. The lowest BCUT2D eigenvalue weighted by Crippen LogP contribution is -2.61. The van der Waals surface area contributed by atoms with Crippen molar-refractivity contribution >= 4 is 41.4 Å². The molecule has 1 aromatic rings. The van der Waals surface area contributed by atoms with Crippen molar-refractivity contribution in [1.82, 2.24) is 36.6 Å². The topological polar surface area (TPSA) is 281 Å². The van der Waals surface area contributed by atoms with Gasteiger partial charge in [0, 0.05) is 12.6 Å². The number of nitrogens with one attached hydrogen (secondary N) is 6. The maximum atomic E-state index is 13.5. The molecule has 1 heterocycles. The van der Waals surface area contributed by atoms with Crippen LogP contribution in [0, 0.1) is 17.8 Å². The number of aliphatic carboxylic acids is 1. The van der Waals surface area contributed by atoms with Crippen LogP contribution in [0.15, 0.2) is 12.5 Å². The molecule has 0 radical (unpaired) electrons. The number of nitrogens with two attached hydrogens (primary N) is 2. The second-order valence-electron chi connectivity index (χ2n) is 11.4. The van der Waals surface area contributed by atoms with Crippen LogP contribution >= 0.6 is 0 Å². The number of rotatable bonds is 18. The minimum absolute atomic E-state index is 0.155. The molecule has 0 unspecified atom stereocenters. The normalized spacial score (nSPS) is 14.6. The van der Waals surface area contributed by atoms with Crippen LogP contribution in [0.2, 0.25) is 0 Å². The Balaban J connectivity index is 3.20. The number of aromatic nitrogens is 2.